The van der Waals surface area contributed by atoms with Crippen LogP contribution in [0.25, 0.3) is 22.4 Å². The number of pyridine rings is 2. The summed E-state index contributed by atoms with van der Waals surface area (Å²) in [4.78, 5) is 4.74. The number of benzene rings is 1. The fourth-order valence-corrected chi connectivity index (χ4v) is 3.66. The molecule has 0 radical (unpaired) electrons. The molecule has 1 aliphatic carbocycles. The van der Waals surface area contributed by atoms with Crippen LogP contribution in [-0.4, -0.2) is 4.98 Å². The highest BCUT2D eigenvalue weighted by atomic mass is 14.9. The summed E-state index contributed by atoms with van der Waals surface area (Å²) in [5.41, 5.74) is 11.6. The lowest BCUT2D eigenvalue weighted by Crippen LogP contribution is -2.30. The fourth-order valence-electron chi connectivity index (χ4n) is 3.66. The van der Waals surface area contributed by atoms with Crippen molar-refractivity contribution in [3.63, 3.8) is 0 Å². The van der Waals surface area contributed by atoms with Crippen molar-refractivity contribution in [2.75, 3.05) is 0 Å². The summed E-state index contributed by atoms with van der Waals surface area (Å²) in [6.07, 6.45) is 3.09. The first-order valence-electron chi connectivity index (χ1n) is 8.10. The van der Waals surface area contributed by atoms with Gasteiger partial charge in [0.25, 0.3) is 0 Å². The zero-order valence-corrected chi connectivity index (χ0v) is 14.1. The van der Waals surface area contributed by atoms with Crippen molar-refractivity contribution in [3.05, 3.63) is 70.7 Å². The Morgan fingerprint density at radius 1 is 0.957 bits per heavy atom. The van der Waals surface area contributed by atoms with E-state index in [2.05, 4.69) is 75.0 Å². The smallest absolute Gasteiger partial charge is 0.212 e. The first-order valence-corrected chi connectivity index (χ1v) is 8.10. The van der Waals surface area contributed by atoms with Crippen molar-refractivity contribution >= 4 is 0 Å². The van der Waals surface area contributed by atoms with Gasteiger partial charge in [-0.25, -0.2) is 4.57 Å². The van der Waals surface area contributed by atoms with Crippen LogP contribution < -0.4 is 4.57 Å². The first kappa shape index (κ1) is 14.1. The summed E-state index contributed by atoms with van der Waals surface area (Å²) in [6.45, 7) is 6.45. The molecule has 0 unspecified atom stereocenters. The van der Waals surface area contributed by atoms with Crippen LogP contribution in [0.4, 0.5) is 0 Å². The molecule has 4 rings (SSSR count). The van der Waals surface area contributed by atoms with Crippen molar-refractivity contribution in [1.82, 2.24) is 4.98 Å². The van der Waals surface area contributed by atoms with Gasteiger partial charge in [0.1, 0.15) is 7.05 Å². The molecule has 2 heteroatoms. The zero-order chi connectivity index (χ0) is 16.1. The van der Waals surface area contributed by atoms with Gasteiger partial charge in [-0.2, -0.15) is 0 Å². The Morgan fingerprint density at radius 2 is 1.74 bits per heavy atom. The van der Waals surface area contributed by atoms with Crippen molar-refractivity contribution in [2.24, 2.45) is 7.05 Å². The molecule has 2 aromatic heterocycles. The molecule has 0 atom stereocenters. The predicted octanol–water partition coefficient (Wildman–Crippen LogP) is 4.07. The van der Waals surface area contributed by atoms with E-state index in [1.165, 1.54) is 44.8 Å². The molecule has 0 bridgehead atoms. The SMILES string of the molecule is Cc1cc[n+](C)c(-c2ccc3c(c2C)-c2ccc(C)nc2C3)c1. The highest BCUT2D eigenvalue weighted by Gasteiger charge is 2.25. The molecule has 0 aliphatic heterocycles. The van der Waals surface area contributed by atoms with Gasteiger partial charge in [0.2, 0.25) is 5.69 Å². The molecule has 0 saturated carbocycles. The third kappa shape index (κ3) is 2.17. The van der Waals surface area contributed by atoms with E-state index in [4.69, 9.17) is 4.98 Å². The summed E-state index contributed by atoms with van der Waals surface area (Å²) in [5, 5.41) is 0. The lowest BCUT2D eigenvalue weighted by Gasteiger charge is -2.11. The highest BCUT2D eigenvalue weighted by molar-refractivity contribution is 5.83. The maximum absolute atomic E-state index is 4.74. The van der Waals surface area contributed by atoms with Crippen LogP contribution in [0.3, 0.4) is 0 Å². The second kappa shape index (κ2) is 5.02. The largest absolute Gasteiger partial charge is 0.257 e. The van der Waals surface area contributed by atoms with Gasteiger partial charge in [0.15, 0.2) is 6.20 Å². The number of hydrogen-bond donors (Lipinski definition) is 0. The van der Waals surface area contributed by atoms with E-state index in [0.717, 1.165) is 12.1 Å². The topological polar surface area (TPSA) is 16.8 Å². The quantitative estimate of drug-likeness (QED) is 0.484. The summed E-state index contributed by atoms with van der Waals surface area (Å²) in [7, 11) is 2.11. The average Bonchev–Trinajstić information content (AvgIpc) is 2.88. The van der Waals surface area contributed by atoms with Crippen LogP contribution in [-0.2, 0) is 13.5 Å². The Hall–Kier alpha value is -2.48. The molecular formula is C21H21N2+. The van der Waals surface area contributed by atoms with Crippen LogP contribution in [0.1, 0.15) is 28.1 Å². The maximum atomic E-state index is 4.74. The Balaban J connectivity index is 1.96. The van der Waals surface area contributed by atoms with E-state index >= 15 is 0 Å². The number of aromatic nitrogens is 2. The first-order chi connectivity index (χ1) is 11.0. The number of hydrogen-bond acceptors (Lipinski definition) is 1. The Bertz CT molecular complexity index is 939. The van der Waals surface area contributed by atoms with Gasteiger partial charge in [-0.1, -0.05) is 12.1 Å². The minimum Gasteiger partial charge on any atom is -0.257 e. The molecule has 0 spiro atoms. The molecule has 114 valence electrons. The lowest BCUT2D eigenvalue weighted by molar-refractivity contribution is -0.660. The Kier molecular flexibility index (Phi) is 3.08. The molecule has 0 N–H and O–H groups in total. The number of rotatable bonds is 1. The molecule has 1 aliphatic rings. The second-order valence-electron chi connectivity index (χ2n) is 6.60. The van der Waals surface area contributed by atoms with E-state index in [1.54, 1.807) is 0 Å². The van der Waals surface area contributed by atoms with E-state index in [1.807, 2.05) is 0 Å². The van der Waals surface area contributed by atoms with Gasteiger partial charge in [-0.3, -0.25) is 4.98 Å². The second-order valence-corrected chi connectivity index (χ2v) is 6.60. The van der Waals surface area contributed by atoms with Crippen LogP contribution in [0.2, 0.25) is 0 Å². The Labute approximate surface area is 137 Å². The minimum atomic E-state index is 0.952. The van der Waals surface area contributed by atoms with E-state index in [-0.39, 0.29) is 0 Å². The summed E-state index contributed by atoms with van der Waals surface area (Å²) in [6, 6.07) is 13.3. The Morgan fingerprint density at radius 3 is 2.57 bits per heavy atom. The molecule has 23 heavy (non-hydrogen) atoms. The summed E-state index contributed by atoms with van der Waals surface area (Å²) in [5.74, 6) is 0. The summed E-state index contributed by atoms with van der Waals surface area (Å²) < 4.78 is 2.20. The number of aryl methyl sites for hydroxylation is 3. The third-order valence-corrected chi connectivity index (χ3v) is 4.87. The molecule has 0 fully saturated rings. The van der Waals surface area contributed by atoms with Crippen LogP contribution in [0.15, 0.2) is 42.6 Å². The molecular weight excluding hydrogens is 280 g/mol. The van der Waals surface area contributed by atoms with E-state index in [9.17, 15) is 0 Å². The molecule has 1 aromatic carbocycles. The number of fused-ring (bicyclic) bond motifs is 3. The molecule has 2 heterocycles. The molecule has 2 nitrogen and oxygen atoms in total. The molecule has 3 aromatic rings. The van der Waals surface area contributed by atoms with Crippen LogP contribution in [0, 0.1) is 20.8 Å². The third-order valence-electron chi connectivity index (χ3n) is 4.87. The van der Waals surface area contributed by atoms with E-state index < -0.39 is 0 Å². The highest BCUT2D eigenvalue weighted by Crippen LogP contribution is 2.41. The lowest BCUT2D eigenvalue weighted by atomic mass is 9.94. The molecule has 0 saturated heterocycles. The van der Waals surface area contributed by atoms with Crippen LogP contribution >= 0.6 is 0 Å². The minimum absolute atomic E-state index is 0.952. The maximum Gasteiger partial charge on any atom is 0.212 e. The van der Waals surface area contributed by atoms with E-state index in [0.29, 0.717) is 0 Å². The zero-order valence-electron chi connectivity index (χ0n) is 14.1. The van der Waals surface area contributed by atoms with Gasteiger partial charge in [-0.15, -0.1) is 0 Å². The van der Waals surface area contributed by atoms with Gasteiger partial charge in [0.05, 0.1) is 5.69 Å². The number of nitrogens with zero attached hydrogens (tertiary/aromatic N) is 2. The van der Waals surface area contributed by atoms with Gasteiger partial charge < -0.3 is 0 Å². The van der Waals surface area contributed by atoms with Crippen molar-refractivity contribution in [3.8, 4) is 22.4 Å². The predicted molar refractivity (Wildman–Crippen MR) is 93.3 cm³/mol. The molecule has 0 amide bonds. The van der Waals surface area contributed by atoms with Crippen molar-refractivity contribution in [1.29, 1.82) is 0 Å². The van der Waals surface area contributed by atoms with Gasteiger partial charge >= 0.3 is 0 Å². The monoisotopic (exact) mass is 301 g/mol. The van der Waals surface area contributed by atoms with Gasteiger partial charge in [0, 0.05) is 35.4 Å². The van der Waals surface area contributed by atoms with Crippen molar-refractivity contribution in [2.45, 2.75) is 27.2 Å². The average molecular weight is 301 g/mol. The van der Waals surface area contributed by atoms with Crippen LogP contribution in [0.5, 0.6) is 0 Å². The van der Waals surface area contributed by atoms with Crippen molar-refractivity contribution < 1.29 is 4.57 Å². The standard InChI is InChI=1S/C21H21N2/c1-13-9-10-23(4)20(11-13)17-8-6-16-12-19-18(21(16)15(17)3)7-5-14(2)22-19/h5-11H,12H2,1-4H3/q+1. The van der Waals surface area contributed by atoms with Gasteiger partial charge in [-0.05, 0) is 55.2 Å². The normalized spacial score (nSPS) is 12.2. The summed E-state index contributed by atoms with van der Waals surface area (Å²) >= 11 is 0. The fraction of sp³-hybridized carbons (Fsp3) is 0.238.